The smallest absolute Gasteiger partial charge is 0.168 e. The lowest BCUT2D eigenvalue weighted by atomic mass is 9.87. The summed E-state index contributed by atoms with van der Waals surface area (Å²) >= 11 is 5.97. The highest BCUT2D eigenvalue weighted by atomic mass is 35.5. The summed E-state index contributed by atoms with van der Waals surface area (Å²) in [4.78, 5) is 12.8. The Labute approximate surface area is 162 Å². The molecule has 2 aromatic carbocycles. The van der Waals surface area contributed by atoms with Gasteiger partial charge in [-0.25, -0.2) is 4.68 Å². The average molecular weight is 382 g/mol. The van der Waals surface area contributed by atoms with Gasteiger partial charge in [-0.2, -0.15) is 0 Å². The van der Waals surface area contributed by atoms with Crippen LogP contribution in [0, 0.1) is 5.92 Å². The normalized spacial score (nSPS) is 16.1. The van der Waals surface area contributed by atoms with E-state index in [1.807, 2.05) is 41.1 Å². The second-order valence-electron chi connectivity index (χ2n) is 6.85. The molecule has 27 heavy (non-hydrogen) atoms. The number of nitrogens with one attached hydrogen (secondary N) is 1. The van der Waals surface area contributed by atoms with E-state index in [9.17, 15) is 4.79 Å². The summed E-state index contributed by atoms with van der Waals surface area (Å²) in [6.07, 6.45) is 1.35. The quantitative estimate of drug-likeness (QED) is 0.687. The number of aromatic nitrogens is 2. The molecule has 0 aliphatic heterocycles. The van der Waals surface area contributed by atoms with E-state index in [1.165, 1.54) is 0 Å². The van der Waals surface area contributed by atoms with Crippen molar-refractivity contribution in [3.63, 3.8) is 0 Å². The molecule has 6 heteroatoms. The molecule has 1 aromatic heterocycles. The molecule has 0 spiro atoms. The molecule has 1 atom stereocenters. The lowest BCUT2D eigenvalue weighted by Gasteiger charge is -2.19. The maximum absolute atomic E-state index is 12.8. The second kappa shape index (κ2) is 7.08. The predicted molar refractivity (Wildman–Crippen MR) is 107 cm³/mol. The first-order valence-corrected chi connectivity index (χ1v) is 9.25. The number of benzene rings is 2. The maximum atomic E-state index is 12.8. The molecule has 0 radical (unpaired) electrons. The van der Waals surface area contributed by atoms with Crippen LogP contribution in [0.3, 0.4) is 0 Å². The van der Waals surface area contributed by atoms with E-state index in [4.69, 9.17) is 21.4 Å². The summed E-state index contributed by atoms with van der Waals surface area (Å²) in [5.41, 5.74) is 3.37. The molecule has 138 valence electrons. The van der Waals surface area contributed by atoms with Crippen molar-refractivity contribution >= 4 is 28.9 Å². The van der Waals surface area contributed by atoms with Crippen LogP contribution in [0.15, 0.2) is 48.5 Å². The number of fused-ring (bicyclic) bond motifs is 1. The molecule has 0 unspecified atom stereocenters. The minimum atomic E-state index is 0.125. The zero-order valence-electron chi connectivity index (χ0n) is 15.2. The summed E-state index contributed by atoms with van der Waals surface area (Å²) in [5.74, 6) is 1.78. The first-order chi connectivity index (χ1) is 13.0. The zero-order chi connectivity index (χ0) is 19.0. The van der Waals surface area contributed by atoms with Gasteiger partial charge in [-0.15, -0.1) is 5.10 Å². The third-order valence-electron chi connectivity index (χ3n) is 4.76. The number of nitrogens with zero attached hydrogens (tertiary/aromatic N) is 2. The van der Waals surface area contributed by atoms with Crippen LogP contribution in [0.4, 0.5) is 11.5 Å². The first-order valence-electron chi connectivity index (χ1n) is 8.87. The first kappa shape index (κ1) is 17.6. The molecule has 0 fully saturated rings. The highest BCUT2D eigenvalue weighted by molar-refractivity contribution is 6.30. The van der Waals surface area contributed by atoms with Crippen molar-refractivity contribution in [2.24, 2.45) is 5.92 Å². The van der Waals surface area contributed by atoms with Crippen LogP contribution in [-0.4, -0.2) is 22.7 Å². The Kier molecular flexibility index (Phi) is 4.62. The molecular formula is C21H20ClN3O2. The van der Waals surface area contributed by atoms with E-state index >= 15 is 0 Å². The summed E-state index contributed by atoms with van der Waals surface area (Å²) in [5, 5.41) is 8.68. The monoisotopic (exact) mass is 381 g/mol. The van der Waals surface area contributed by atoms with Crippen LogP contribution in [0.2, 0.25) is 5.02 Å². The van der Waals surface area contributed by atoms with Gasteiger partial charge in [0.05, 0.1) is 24.1 Å². The van der Waals surface area contributed by atoms with Crippen LogP contribution in [0.5, 0.6) is 5.75 Å². The number of halogens is 1. The fourth-order valence-corrected chi connectivity index (χ4v) is 3.58. The number of Topliss-reactive ketones (excluding diaryl/α,β-unsaturated/α-hetero) is 1. The number of carbonyl (C=O) groups excluding carboxylic acids is 1. The minimum Gasteiger partial charge on any atom is -0.497 e. The zero-order valence-corrected chi connectivity index (χ0v) is 16.0. The number of rotatable bonds is 4. The maximum Gasteiger partial charge on any atom is 0.168 e. The van der Waals surface area contributed by atoms with E-state index < -0.39 is 0 Å². The Morgan fingerprint density at radius 1 is 1.11 bits per heavy atom. The Morgan fingerprint density at radius 2 is 1.81 bits per heavy atom. The number of hydrogen-bond donors (Lipinski definition) is 1. The van der Waals surface area contributed by atoms with Crippen molar-refractivity contribution in [2.45, 2.75) is 19.8 Å². The Hall–Kier alpha value is -2.79. The van der Waals surface area contributed by atoms with Crippen LogP contribution >= 0.6 is 11.6 Å². The van der Waals surface area contributed by atoms with Gasteiger partial charge in [0.25, 0.3) is 0 Å². The molecule has 0 bridgehead atoms. The van der Waals surface area contributed by atoms with Crippen molar-refractivity contribution < 1.29 is 9.53 Å². The summed E-state index contributed by atoms with van der Waals surface area (Å²) in [6, 6.07) is 15.0. The Morgan fingerprint density at radius 3 is 2.48 bits per heavy atom. The molecule has 1 heterocycles. The highest BCUT2D eigenvalue weighted by Crippen LogP contribution is 2.34. The van der Waals surface area contributed by atoms with Crippen molar-refractivity contribution in [3.8, 4) is 11.4 Å². The highest BCUT2D eigenvalue weighted by Gasteiger charge is 2.31. The lowest BCUT2D eigenvalue weighted by molar-refractivity contribution is 0.0953. The Bertz CT molecular complexity index is 978. The fraction of sp³-hybridized carbons (Fsp3) is 0.238. The van der Waals surface area contributed by atoms with Crippen molar-refractivity contribution in [2.75, 3.05) is 12.4 Å². The minimum absolute atomic E-state index is 0.125. The van der Waals surface area contributed by atoms with E-state index in [-0.39, 0.29) is 5.78 Å². The molecule has 5 nitrogen and oxygen atoms in total. The third kappa shape index (κ3) is 3.43. The summed E-state index contributed by atoms with van der Waals surface area (Å²) in [7, 11) is 1.64. The Balaban J connectivity index is 1.79. The number of ether oxygens (including phenoxy) is 1. The van der Waals surface area contributed by atoms with Crippen molar-refractivity contribution in [1.29, 1.82) is 0 Å². The summed E-state index contributed by atoms with van der Waals surface area (Å²) < 4.78 is 7.10. The largest absolute Gasteiger partial charge is 0.497 e. The topological polar surface area (TPSA) is 56.1 Å². The molecule has 3 aromatic rings. The van der Waals surface area contributed by atoms with Gasteiger partial charge in [-0.1, -0.05) is 18.5 Å². The number of hydrogen-bond acceptors (Lipinski definition) is 4. The number of methoxy groups -OCH3 is 1. The van der Waals surface area contributed by atoms with Crippen LogP contribution in [-0.2, 0) is 6.42 Å². The van der Waals surface area contributed by atoms with Gasteiger partial charge in [0.15, 0.2) is 11.6 Å². The van der Waals surface area contributed by atoms with Crippen molar-refractivity contribution in [3.05, 3.63) is 64.8 Å². The summed E-state index contributed by atoms with van der Waals surface area (Å²) in [6.45, 7) is 2.10. The number of ketones is 1. The third-order valence-corrected chi connectivity index (χ3v) is 5.01. The van der Waals surface area contributed by atoms with E-state index in [2.05, 4.69) is 12.2 Å². The van der Waals surface area contributed by atoms with Crippen LogP contribution < -0.4 is 10.1 Å². The fourth-order valence-electron chi connectivity index (χ4n) is 3.45. The second-order valence-corrected chi connectivity index (χ2v) is 7.29. The molecule has 1 N–H and O–H groups in total. The SMILES string of the molecule is COc1ccc(-n2nc(Nc3ccc(Cl)cc3)c3c2C[C@H](C)CC3=O)cc1. The van der Waals surface area contributed by atoms with Crippen molar-refractivity contribution in [1.82, 2.24) is 9.78 Å². The van der Waals surface area contributed by atoms with Gasteiger partial charge >= 0.3 is 0 Å². The van der Waals surface area contributed by atoms with Gasteiger partial charge in [0, 0.05) is 17.1 Å². The molecule has 4 rings (SSSR count). The molecule has 1 aliphatic rings. The molecule has 0 saturated carbocycles. The van der Waals surface area contributed by atoms with Gasteiger partial charge in [0.2, 0.25) is 0 Å². The van der Waals surface area contributed by atoms with Gasteiger partial charge in [0.1, 0.15) is 5.75 Å². The van der Waals surface area contributed by atoms with Crippen LogP contribution in [0.25, 0.3) is 5.69 Å². The van der Waals surface area contributed by atoms with E-state index in [0.29, 0.717) is 28.7 Å². The standard InChI is InChI=1S/C21H20ClN3O2/c1-13-11-18-20(19(26)12-13)21(23-15-5-3-14(22)4-6-15)24-25(18)16-7-9-17(27-2)10-8-16/h3-10,13H,11-12H2,1-2H3,(H,23,24)/t13-/m0/s1. The molecule has 0 amide bonds. The predicted octanol–water partition coefficient (Wildman–Crippen LogP) is 5.04. The number of anilines is 2. The van der Waals surface area contributed by atoms with Gasteiger partial charge in [-0.3, -0.25) is 4.79 Å². The molecule has 0 saturated heterocycles. The average Bonchev–Trinajstić information content (AvgIpc) is 3.02. The van der Waals surface area contributed by atoms with E-state index in [1.54, 1.807) is 19.2 Å². The molecular weight excluding hydrogens is 362 g/mol. The van der Waals surface area contributed by atoms with Gasteiger partial charge in [-0.05, 0) is 60.9 Å². The molecule has 1 aliphatic carbocycles. The van der Waals surface area contributed by atoms with Gasteiger partial charge < -0.3 is 10.1 Å². The van der Waals surface area contributed by atoms with E-state index in [0.717, 1.165) is 29.2 Å². The number of carbonyl (C=O) groups is 1. The lowest BCUT2D eigenvalue weighted by Crippen LogP contribution is -2.19. The van der Waals surface area contributed by atoms with Crippen LogP contribution in [0.1, 0.15) is 29.4 Å².